The van der Waals surface area contributed by atoms with E-state index in [4.69, 9.17) is 0 Å². The van der Waals surface area contributed by atoms with Crippen LogP contribution in [0.1, 0.15) is 0 Å². The van der Waals surface area contributed by atoms with Gasteiger partial charge in [0.05, 0.1) is 26.6 Å². The number of rotatable bonds is 3. The maximum absolute atomic E-state index is 10.4. The molecule has 0 atom stereocenters. The minimum Gasteiger partial charge on any atom is -0.452 e. The lowest BCUT2D eigenvalue weighted by Gasteiger charge is -1.94. The first-order valence-electron chi connectivity index (χ1n) is 3.43. The smallest absolute Gasteiger partial charge is 0.427 e. The highest BCUT2D eigenvalue weighted by Crippen LogP contribution is 1.69. The highest BCUT2D eigenvalue weighted by molar-refractivity contribution is 6.16. The van der Waals surface area contributed by atoms with Crippen LogP contribution >= 0.6 is 0 Å². The maximum Gasteiger partial charge on any atom is 0.427 e. The standard InChI is InChI=1S/C6H10N4O4/c1-13-5(11)9-7-3-4-8-10-6(12)14-2/h3-4H,1-2H3,(H,9,11)(H,10,12)/b7-3-,8-4+. The molecule has 0 heterocycles. The zero-order chi connectivity index (χ0) is 10.8. The van der Waals surface area contributed by atoms with Crippen molar-refractivity contribution in [2.75, 3.05) is 14.2 Å². The molecule has 0 aromatic rings. The average molecular weight is 202 g/mol. The zero-order valence-corrected chi connectivity index (χ0v) is 7.68. The fourth-order valence-electron chi connectivity index (χ4n) is 0.338. The summed E-state index contributed by atoms with van der Waals surface area (Å²) in [5.74, 6) is 0. The van der Waals surface area contributed by atoms with E-state index < -0.39 is 12.2 Å². The Balaban J connectivity index is 3.60. The van der Waals surface area contributed by atoms with E-state index in [9.17, 15) is 9.59 Å². The molecule has 0 unspecified atom stereocenters. The van der Waals surface area contributed by atoms with Gasteiger partial charge < -0.3 is 9.47 Å². The summed E-state index contributed by atoms with van der Waals surface area (Å²) in [6.45, 7) is 0. The molecular weight excluding hydrogens is 192 g/mol. The fourth-order valence-corrected chi connectivity index (χ4v) is 0.338. The molecule has 0 aliphatic rings. The molecule has 8 heteroatoms. The number of methoxy groups -OCH3 is 2. The Hall–Kier alpha value is -2.12. The van der Waals surface area contributed by atoms with Crippen LogP contribution in [0.5, 0.6) is 0 Å². The highest BCUT2D eigenvalue weighted by Gasteiger charge is 1.92. The molecule has 0 aliphatic heterocycles. The Bertz CT molecular complexity index is 224. The quantitative estimate of drug-likeness (QED) is 0.483. The van der Waals surface area contributed by atoms with Crippen molar-refractivity contribution in [3.63, 3.8) is 0 Å². The van der Waals surface area contributed by atoms with Crippen molar-refractivity contribution in [3.8, 4) is 0 Å². The van der Waals surface area contributed by atoms with E-state index in [-0.39, 0.29) is 0 Å². The van der Waals surface area contributed by atoms with E-state index in [0.29, 0.717) is 0 Å². The van der Waals surface area contributed by atoms with Crippen LogP contribution in [0, 0.1) is 0 Å². The number of nitrogens with zero attached hydrogens (tertiary/aromatic N) is 2. The van der Waals surface area contributed by atoms with Crippen molar-refractivity contribution in [1.29, 1.82) is 0 Å². The molecule has 0 radical (unpaired) electrons. The molecule has 14 heavy (non-hydrogen) atoms. The SMILES string of the molecule is COC(=O)N/N=C\C=N\NC(=O)OC. The van der Waals surface area contributed by atoms with E-state index in [1.54, 1.807) is 0 Å². The Morgan fingerprint density at radius 1 is 1.00 bits per heavy atom. The van der Waals surface area contributed by atoms with Gasteiger partial charge in [-0.15, -0.1) is 0 Å². The summed E-state index contributed by atoms with van der Waals surface area (Å²) in [5.41, 5.74) is 4.02. The summed E-state index contributed by atoms with van der Waals surface area (Å²) in [5, 5.41) is 6.75. The van der Waals surface area contributed by atoms with Crippen LogP contribution in [0.3, 0.4) is 0 Å². The first-order chi connectivity index (χ1) is 6.70. The lowest BCUT2D eigenvalue weighted by atomic mass is 10.8. The van der Waals surface area contributed by atoms with E-state index in [1.807, 2.05) is 10.9 Å². The second kappa shape index (κ2) is 7.53. The molecule has 0 spiro atoms. The predicted molar refractivity (Wildman–Crippen MR) is 48.1 cm³/mol. The van der Waals surface area contributed by atoms with Crippen LogP contribution in [-0.4, -0.2) is 38.8 Å². The van der Waals surface area contributed by atoms with Crippen LogP contribution in [-0.2, 0) is 9.47 Å². The first kappa shape index (κ1) is 11.9. The molecule has 78 valence electrons. The van der Waals surface area contributed by atoms with Crippen molar-refractivity contribution in [2.24, 2.45) is 10.2 Å². The van der Waals surface area contributed by atoms with Crippen molar-refractivity contribution in [3.05, 3.63) is 0 Å². The Kier molecular flexibility index (Phi) is 6.39. The molecule has 0 bridgehead atoms. The fraction of sp³-hybridized carbons (Fsp3) is 0.333. The number of hydrogen-bond donors (Lipinski definition) is 2. The highest BCUT2D eigenvalue weighted by atomic mass is 16.5. The van der Waals surface area contributed by atoms with E-state index in [0.717, 1.165) is 12.4 Å². The maximum atomic E-state index is 10.4. The molecule has 0 rings (SSSR count). The van der Waals surface area contributed by atoms with Crippen molar-refractivity contribution < 1.29 is 19.1 Å². The monoisotopic (exact) mass is 202 g/mol. The normalized spacial score (nSPS) is 10.1. The first-order valence-corrected chi connectivity index (χ1v) is 3.43. The summed E-state index contributed by atoms with van der Waals surface area (Å²) >= 11 is 0. The van der Waals surface area contributed by atoms with Gasteiger partial charge >= 0.3 is 12.2 Å². The molecule has 0 fully saturated rings. The van der Waals surface area contributed by atoms with Gasteiger partial charge in [0.2, 0.25) is 0 Å². The van der Waals surface area contributed by atoms with Crippen molar-refractivity contribution >= 4 is 24.6 Å². The number of ether oxygens (including phenoxy) is 2. The molecule has 0 aliphatic carbocycles. The van der Waals surface area contributed by atoms with Crippen LogP contribution in [0.2, 0.25) is 0 Å². The molecule has 0 aromatic heterocycles. The van der Waals surface area contributed by atoms with Gasteiger partial charge in [-0.1, -0.05) is 0 Å². The summed E-state index contributed by atoms with van der Waals surface area (Å²) in [4.78, 5) is 20.8. The summed E-state index contributed by atoms with van der Waals surface area (Å²) in [7, 11) is 2.41. The Labute approximate surface area is 79.9 Å². The third-order valence-electron chi connectivity index (χ3n) is 0.898. The Morgan fingerprint density at radius 3 is 1.64 bits per heavy atom. The van der Waals surface area contributed by atoms with E-state index >= 15 is 0 Å². The second-order valence-electron chi connectivity index (χ2n) is 1.76. The molecule has 0 saturated carbocycles. The average Bonchev–Trinajstić information content (AvgIpc) is 2.22. The van der Waals surface area contributed by atoms with Crippen molar-refractivity contribution in [2.45, 2.75) is 0 Å². The number of nitrogens with one attached hydrogen (secondary N) is 2. The Morgan fingerprint density at radius 2 is 1.36 bits per heavy atom. The number of hydrazone groups is 2. The lowest BCUT2D eigenvalue weighted by molar-refractivity contribution is 0.170. The summed E-state index contributed by atoms with van der Waals surface area (Å²) in [6.07, 6.45) is 0.894. The van der Waals surface area contributed by atoms with Gasteiger partial charge in [0.15, 0.2) is 0 Å². The van der Waals surface area contributed by atoms with Gasteiger partial charge in [-0.2, -0.15) is 10.2 Å². The number of amides is 2. The summed E-state index contributed by atoms with van der Waals surface area (Å²) in [6, 6.07) is 0. The van der Waals surface area contributed by atoms with Gasteiger partial charge in [-0.05, 0) is 0 Å². The molecule has 0 aromatic carbocycles. The minimum absolute atomic E-state index is 0.699. The molecule has 8 nitrogen and oxygen atoms in total. The predicted octanol–water partition coefficient (Wildman–Crippen LogP) is -0.330. The minimum atomic E-state index is -0.699. The lowest BCUT2D eigenvalue weighted by Crippen LogP contribution is -2.18. The second-order valence-corrected chi connectivity index (χ2v) is 1.76. The number of carbonyl (C=O) groups is 2. The zero-order valence-electron chi connectivity index (χ0n) is 7.68. The molecule has 2 N–H and O–H groups in total. The summed E-state index contributed by atoms with van der Waals surface area (Å²) < 4.78 is 8.43. The molecular formula is C6H10N4O4. The van der Waals surface area contributed by atoms with Crippen LogP contribution < -0.4 is 10.9 Å². The molecule has 2 amide bonds. The van der Waals surface area contributed by atoms with E-state index in [1.165, 1.54) is 14.2 Å². The van der Waals surface area contributed by atoms with Crippen LogP contribution in [0.25, 0.3) is 0 Å². The van der Waals surface area contributed by atoms with Crippen LogP contribution in [0.15, 0.2) is 10.2 Å². The third-order valence-corrected chi connectivity index (χ3v) is 0.898. The van der Waals surface area contributed by atoms with Crippen LogP contribution in [0.4, 0.5) is 9.59 Å². The molecule has 0 saturated heterocycles. The third kappa shape index (κ3) is 6.58. The van der Waals surface area contributed by atoms with Gasteiger partial charge in [0.1, 0.15) is 0 Å². The topological polar surface area (TPSA) is 101 Å². The largest absolute Gasteiger partial charge is 0.452 e. The van der Waals surface area contributed by atoms with Gasteiger partial charge in [0, 0.05) is 0 Å². The number of carbonyl (C=O) groups excluding carboxylic acids is 2. The van der Waals surface area contributed by atoms with Gasteiger partial charge in [-0.25, -0.2) is 20.4 Å². The number of hydrogen-bond acceptors (Lipinski definition) is 6. The van der Waals surface area contributed by atoms with Crippen molar-refractivity contribution in [1.82, 2.24) is 10.9 Å². The van der Waals surface area contributed by atoms with E-state index in [2.05, 4.69) is 19.7 Å². The van der Waals surface area contributed by atoms with Gasteiger partial charge in [-0.3, -0.25) is 0 Å². The van der Waals surface area contributed by atoms with Gasteiger partial charge in [0.25, 0.3) is 0 Å².